The maximum atomic E-state index is 14.9. The number of benzene rings is 2. The first-order chi connectivity index (χ1) is 15.0. The van der Waals surface area contributed by atoms with Crippen LogP contribution in [0.3, 0.4) is 0 Å². The first-order valence-electron chi connectivity index (χ1n) is 10.1. The fourth-order valence-electron chi connectivity index (χ4n) is 3.99. The summed E-state index contributed by atoms with van der Waals surface area (Å²) >= 11 is 0. The van der Waals surface area contributed by atoms with Crippen LogP contribution < -0.4 is 9.47 Å². The first-order valence-corrected chi connectivity index (χ1v) is 10.1. The van der Waals surface area contributed by atoms with E-state index in [-0.39, 0.29) is 53.6 Å². The van der Waals surface area contributed by atoms with Gasteiger partial charge in [0, 0.05) is 12.1 Å². The second-order valence-electron chi connectivity index (χ2n) is 8.78. The number of ether oxygens (including phenoxy) is 2. The average molecular weight is 442 g/mol. The Morgan fingerprint density at radius 3 is 2.44 bits per heavy atom. The van der Waals surface area contributed by atoms with E-state index in [1.54, 1.807) is 24.3 Å². The van der Waals surface area contributed by atoms with E-state index in [1.807, 2.05) is 20.8 Å². The molecule has 0 aliphatic carbocycles. The van der Waals surface area contributed by atoms with Gasteiger partial charge in [-0.1, -0.05) is 32.9 Å². The zero-order valence-electron chi connectivity index (χ0n) is 18.8. The molecule has 0 radical (unpaired) electrons. The molecule has 7 nitrogen and oxygen atoms in total. The Morgan fingerprint density at radius 2 is 1.88 bits per heavy atom. The van der Waals surface area contributed by atoms with Gasteiger partial charge in [0.1, 0.15) is 5.84 Å². The van der Waals surface area contributed by atoms with E-state index < -0.39 is 11.8 Å². The van der Waals surface area contributed by atoms with Gasteiger partial charge in [0.2, 0.25) is 0 Å². The van der Waals surface area contributed by atoms with Crippen molar-refractivity contribution < 1.29 is 28.6 Å². The van der Waals surface area contributed by atoms with Crippen LogP contribution in [-0.4, -0.2) is 48.4 Å². The Balaban J connectivity index is 1.88. The molecule has 170 valence electrons. The summed E-state index contributed by atoms with van der Waals surface area (Å²) in [5, 5.41) is 17.6. The molecule has 0 unspecified atom stereocenters. The highest BCUT2D eigenvalue weighted by Gasteiger charge is 2.33. The van der Waals surface area contributed by atoms with Gasteiger partial charge < -0.3 is 19.5 Å². The highest BCUT2D eigenvalue weighted by atomic mass is 19.1. The summed E-state index contributed by atoms with van der Waals surface area (Å²) in [6, 6.07) is 6.62. The Morgan fingerprint density at radius 1 is 1.19 bits per heavy atom. The third kappa shape index (κ3) is 4.30. The number of amidine groups is 1. The first kappa shape index (κ1) is 23.2. The monoisotopic (exact) mass is 442 g/mol. The van der Waals surface area contributed by atoms with Crippen molar-refractivity contribution in [2.75, 3.05) is 20.8 Å². The van der Waals surface area contributed by atoms with E-state index in [2.05, 4.69) is 0 Å². The predicted octanol–water partition coefficient (Wildman–Crippen LogP) is 3.79. The second-order valence-corrected chi connectivity index (χ2v) is 8.78. The highest BCUT2D eigenvalue weighted by Crippen LogP contribution is 2.38. The number of carboxylic acids is 1. The third-order valence-electron chi connectivity index (χ3n) is 5.52. The summed E-state index contributed by atoms with van der Waals surface area (Å²) in [7, 11) is 2.74. The number of nitrogens with one attached hydrogen (secondary N) is 1. The van der Waals surface area contributed by atoms with Crippen LogP contribution in [0.4, 0.5) is 4.39 Å². The standard InChI is InChI=1S/C24H27FN2O5/c1-24(2,3)16-8-14(7-6-13(16)10-19(29)30)17(28)12-27-11-15-9-18(31-4)22(32-5)21(25)20(15)23(27)26/h6-9,26H,10-12H2,1-5H3,(H,29,30). The number of carboxylic acid groups (broad SMARTS) is 1. The van der Waals surface area contributed by atoms with E-state index >= 15 is 0 Å². The molecule has 2 N–H and O–H groups in total. The van der Waals surface area contributed by atoms with Gasteiger partial charge in [-0.25, -0.2) is 4.39 Å². The van der Waals surface area contributed by atoms with E-state index in [1.165, 1.54) is 19.1 Å². The molecule has 0 spiro atoms. The molecule has 0 bridgehead atoms. The van der Waals surface area contributed by atoms with Crippen LogP contribution in [0.2, 0.25) is 0 Å². The number of carbonyl (C=O) groups is 2. The predicted molar refractivity (Wildman–Crippen MR) is 118 cm³/mol. The van der Waals surface area contributed by atoms with Crippen molar-refractivity contribution in [2.45, 2.75) is 39.2 Å². The number of hydrogen-bond donors (Lipinski definition) is 2. The molecule has 0 saturated heterocycles. The number of ketones is 1. The number of halogens is 1. The largest absolute Gasteiger partial charge is 0.493 e. The highest BCUT2D eigenvalue weighted by molar-refractivity contribution is 6.05. The molecule has 0 amide bonds. The summed E-state index contributed by atoms with van der Waals surface area (Å²) in [6.45, 7) is 5.95. The molecular weight excluding hydrogens is 415 g/mol. The minimum atomic E-state index is -0.939. The Hall–Kier alpha value is -3.42. The van der Waals surface area contributed by atoms with Gasteiger partial charge in [0.05, 0.1) is 32.7 Å². The van der Waals surface area contributed by atoms with Crippen molar-refractivity contribution in [2.24, 2.45) is 0 Å². The fourth-order valence-corrected chi connectivity index (χ4v) is 3.99. The summed E-state index contributed by atoms with van der Waals surface area (Å²) in [6.07, 6.45) is -0.129. The fraction of sp³-hybridized carbons (Fsp3) is 0.375. The van der Waals surface area contributed by atoms with Crippen LogP contribution in [0.25, 0.3) is 0 Å². The lowest BCUT2D eigenvalue weighted by atomic mass is 9.81. The summed E-state index contributed by atoms with van der Waals surface area (Å²) < 4.78 is 25.2. The molecule has 0 aromatic heterocycles. The van der Waals surface area contributed by atoms with Crippen LogP contribution in [0.15, 0.2) is 24.3 Å². The van der Waals surface area contributed by atoms with Crippen LogP contribution in [-0.2, 0) is 23.2 Å². The number of rotatable bonds is 7. The normalized spacial score (nSPS) is 13.2. The maximum Gasteiger partial charge on any atom is 0.307 e. The van der Waals surface area contributed by atoms with Gasteiger partial charge in [0.25, 0.3) is 0 Å². The molecular formula is C24H27FN2O5. The van der Waals surface area contributed by atoms with Crippen molar-refractivity contribution in [3.63, 3.8) is 0 Å². The van der Waals surface area contributed by atoms with Crippen molar-refractivity contribution in [1.29, 1.82) is 5.41 Å². The molecule has 0 fully saturated rings. The SMILES string of the molecule is COc1cc2c(c(F)c1OC)C(=N)N(CC(=O)c1ccc(CC(=O)O)c(C(C)(C)C)c1)C2. The number of hydrogen-bond acceptors (Lipinski definition) is 5. The van der Waals surface area contributed by atoms with Gasteiger partial charge in [-0.3, -0.25) is 15.0 Å². The van der Waals surface area contributed by atoms with Crippen LogP contribution in [0.1, 0.15) is 53.4 Å². The van der Waals surface area contributed by atoms with E-state index in [4.69, 9.17) is 14.9 Å². The van der Waals surface area contributed by atoms with Crippen LogP contribution >= 0.6 is 0 Å². The molecule has 1 aliphatic rings. The molecule has 0 atom stereocenters. The van der Waals surface area contributed by atoms with Crippen molar-refractivity contribution in [3.8, 4) is 11.5 Å². The topological polar surface area (TPSA) is 99.9 Å². The average Bonchev–Trinajstić information content (AvgIpc) is 3.02. The maximum absolute atomic E-state index is 14.9. The minimum Gasteiger partial charge on any atom is -0.493 e. The van der Waals surface area contributed by atoms with Gasteiger partial charge in [0.15, 0.2) is 23.1 Å². The molecule has 1 heterocycles. The molecule has 3 rings (SSSR count). The summed E-state index contributed by atoms with van der Waals surface area (Å²) in [5.74, 6) is -1.80. The lowest BCUT2D eigenvalue weighted by Gasteiger charge is -2.24. The number of methoxy groups -OCH3 is 2. The van der Waals surface area contributed by atoms with E-state index in [0.717, 1.165) is 5.56 Å². The third-order valence-corrected chi connectivity index (χ3v) is 5.52. The molecule has 1 aliphatic heterocycles. The summed E-state index contributed by atoms with van der Waals surface area (Å²) in [4.78, 5) is 25.8. The molecule has 32 heavy (non-hydrogen) atoms. The molecule has 2 aromatic carbocycles. The number of fused-ring (bicyclic) bond motifs is 1. The number of carbonyl (C=O) groups excluding carboxylic acids is 1. The van der Waals surface area contributed by atoms with E-state index in [0.29, 0.717) is 16.7 Å². The van der Waals surface area contributed by atoms with Crippen molar-refractivity contribution in [1.82, 2.24) is 4.90 Å². The van der Waals surface area contributed by atoms with Gasteiger partial charge in [-0.2, -0.15) is 0 Å². The zero-order chi connectivity index (χ0) is 23.8. The Labute approximate surface area is 186 Å². The summed E-state index contributed by atoms with van der Waals surface area (Å²) in [5.41, 5.74) is 2.15. The Kier molecular flexibility index (Phi) is 6.25. The smallest absolute Gasteiger partial charge is 0.307 e. The lowest BCUT2D eigenvalue weighted by molar-refractivity contribution is -0.136. The zero-order valence-corrected chi connectivity index (χ0v) is 18.8. The lowest BCUT2D eigenvalue weighted by Crippen LogP contribution is -2.30. The minimum absolute atomic E-state index is 0.0759. The van der Waals surface area contributed by atoms with Crippen molar-refractivity contribution >= 4 is 17.6 Å². The van der Waals surface area contributed by atoms with Gasteiger partial charge in [-0.15, -0.1) is 0 Å². The number of nitrogens with zero attached hydrogens (tertiary/aromatic N) is 1. The van der Waals surface area contributed by atoms with Crippen LogP contribution in [0.5, 0.6) is 11.5 Å². The molecule has 2 aromatic rings. The number of Topliss-reactive ketones (excluding diaryl/α,β-unsaturated/α-hetero) is 1. The molecule has 0 saturated carbocycles. The van der Waals surface area contributed by atoms with Crippen LogP contribution in [0, 0.1) is 11.2 Å². The van der Waals surface area contributed by atoms with Gasteiger partial charge in [-0.05, 0) is 34.2 Å². The molecule has 8 heteroatoms. The van der Waals surface area contributed by atoms with Gasteiger partial charge >= 0.3 is 5.97 Å². The number of aliphatic carboxylic acids is 1. The Bertz CT molecular complexity index is 1100. The second kappa shape index (κ2) is 8.61. The quantitative estimate of drug-likeness (QED) is 0.633. The van der Waals surface area contributed by atoms with E-state index in [9.17, 15) is 19.1 Å². The van der Waals surface area contributed by atoms with Crippen molar-refractivity contribution in [3.05, 3.63) is 57.9 Å².